The summed E-state index contributed by atoms with van der Waals surface area (Å²) in [5.74, 6) is 0. The van der Waals surface area contributed by atoms with Crippen molar-refractivity contribution in [3.05, 3.63) is 0 Å². The molecule has 6 heteroatoms. The summed E-state index contributed by atoms with van der Waals surface area (Å²) in [7, 11) is -5.39. The maximum absolute atomic E-state index is 8.55. The van der Waals surface area contributed by atoms with Gasteiger partial charge in [0.2, 0.25) is 0 Å². The molecule has 0 N–H and O–H groups in total. The molecule has 1 radical (unpaired) electrons. The Labute approximate surface area is 48.1 Å². The zero-order chi connectivity index (χ0) is 4.50. The molecule has 0 spiro atoms. The van der Waals surface area contributed by atoms with Crippen molar-refractivity contribution in [3.63, 3.8) is 0 Å². The summed E-state index contributed by atoms with van der Waals surface area (Å²) >= 11 is 0. The molecule has 0 bridgehead atoms. The zero-order valence-corrected chi connectivity index (χ0v) is 4.85. The van der Waals surface area contributed by atoms with Crippen molar-refractivity contribution in [1.29, 1.82) is 0 Å². The van der Waals surface area contributed by atoms with E-state index >= 15 is 0 Å². The fraction of sp³-hybridized carbons (Fsp3) is 0. The van der Waals surface area contributed by atoms with E-state index in [4.69, 9.17) is 19.2 Å². The molecule has 0 unspecified atom stereocenters. The summed E-state index contributed by atoms with van der Waals surface area (Å²) in [5.41, 5.74) is 0. The first kappa shape index (κ1) is 9.91. The molecule has 0 aromatic rings. The van der Waals surface area contributed by atoms with Crippen LogP contribution in [0.2, 0.25) is 0 Å². The summed E-state index contributed by atoms with van der Waals surface area (Å²) < 4.78 is 8.55. The van der Waals surface area contributed by atoms with Crippen molar-refractivity contribution in [2.45, 2.75) is 0 Å². The van der Waals surface area contributed by atoms with Crippen molar-refractivity contribution in [3.8, 4) is 0 Å². The zero-order valence-electron chi connectivity index (χ0n) is 2.40. The molecule has 0 aliphatic carbocycles. The molecule has 39 valence electrons. The van der Waals surface area contributed by atoms with Gasteiger partial charge in [-0.3, -0.25) is 0 Å². The Morgan fingerprint density at radius 1 is 1.17 bits per heavy atom. The van der Waals surface area contributed by atoms with Crippen molar-refractivity contribution in [1.82, 2.24) is 0 Å². The Hall–Kier alpha value is 0.772. The second-order valence-electron chi connectivity index (χ2n) is 0.447. The number of hydrogen-bond acceptors (Lipinski definition) is 4. The molecule has 0 atom stereocenters. The molecule has 0 heterocycles. The molecule has 0 aliphatic heterocycles. The third-order valence-corrected chi connectivity index (χ3v) is 0. The minimum atomic E-state index is -5.39. The topological polar surface area (TPSA) is 86.2 Å². The van der Waals surface area contributed by atoms with Crippen LogP contribution in [0.5, 0.6) is 0 Å². The number of phosphoric acid groups is 1. The third kappa shape index (κ3) is 114. The summed E-state index contributed by atoms with van der Waals surface area (Å²) in [6.45, 7) is 0. The summed E-state index contributed by atoms with van der Waals surface area (Å²) in [5, 5.41) is 0. The first-order valence-corrected chi connectivity index (χ1v) is 2.19. The van der Waals surface area contributed by atoms with Gasteiger partial charge in [0.15, 0.2) is 0 Å². The van der Waals surface area contributed by atoms with Crippen LogP contribution in [0, 0.1) is 0 Å². The van der Waals surface area contributed by atoms with E-state index in [-0.39, 0.29) is 20.4 Å². The molecular formula is O4PPd. The van der Waals surface area contributed by atoms with Gasteiger partial charge < -0.3 is 19.2 Å². The first-order chi connectivity index (χ1) is 2.00. The molecule has 0 amide bonds. The van der Waals surface area contributed by atoms with Crippen LogP contribution in [0.1, 0.15) is 0 Å². The summed E-state index contributed by atoms with van der Waals surface area (Å²) in [4.78, 5) is 25.6. The maximum atomic E-state index is 8.55. The van der Waals surface area contributed by atoms with Gasteiger partial charge in [-0.2, -0.15) is 7.82 Å². The van der Waals surface area contributed by atoms with E-state index in [1.165, 1.54) is 0 Å². The van der Waals surface area contributed by atoms with Gasteiger partial charge in [-0.15, -0.1) is 0 Å². The van der Waals surface area contributed by atoms with E-state index < -0.39 is 7.82 Å². The first-order valence-electron chi connectivity index (χ1n) is 0.730. The van der Waals surface area contributed by atoms with Gasteiger partial charge in [-0.1, -0.05) is 0 Å². The molecule has 0 rings (SSSR count). The van der Waals surface area contributed by atoms with Crippen LogP contribution in [0.25, 0.3) is 0 Å². The Morgan fingerprint density at radius 2 is 1.17 bits per heavy atom. The van der Waals surface area contributed by atoms with E-state index in [0.717, 1.165) is 0 Å². The molecule has 0 aliphatic rings. The Balaban J connectivity index is 0. The number of rotatable bonds is 0. The van der Waals surface area contributed by atoms with Gasteiger partial charge in [0.1, 0.15) is 0 Å². The standard InChI is InChI=1S/H3O4P.Pd/c1-5(2,3)4;/h(H3,1,2,3,4);/q;+3/p-3. The largest absolute Gasteiger partial charge is 3.00 e. The van der Waals surface area contributed by atoms with E-state index in [9.17, 15) is 0 Å². The van der Waals surface area contributed by atoms with E-state index in [0.29, 0.717) is 0 Å². The minimum Gasteiger partial charge on any atom is -0.822 e. The van der Waals surface area contributed by atoms with Crippen molar-refractivity contribution >= 4 is 7.82 Å². The van der Waals surface area contributed by atoms with Crippen LogP contribution in [0.15, 0.2) is 0 Å². The fourth-order valence-corrected chi connectivity index (χ4v) is 0. The molecular weight excluding hydrogens is 201 g/mol. The average molecular weight is 201 g/mol. The Kier molecular flexibility index (Phi) is 4.73. The number of hydrogen-bond donors (Lipinski definition) is 0. The quantitative estimate of drug-likeness (QED) is 0.312. The van der Waals surface area contributed by atoms with Gasteiger partial charge >= 0.3 is 20.4 Å². The van der Waals surface area contributed by atoms with Crippen LogP contribution < -0.4 is 14.7 Å². The third-order valence-electron chi connectivity index (χ3n) is 0. The SMILES string of the molecule is O=P([O-])([O-])[O-].[Pd+3]. The normalized spacial score (nSPS) is 9.83. The van der Waals surface area contributed by atoms with Gasteiger partial charge in [0.05, 0.1) is 0 Å². The smallest absolute Gasteiger partial charge is 0.822 e. The second kappa shape index (κ2) is 2.87. The van der Waals surface area contributed by atoms with E-state index in [1.807, 2.05) is 0 Å². The van der Waals surface area contributed by atoms with E-state index in [1.54, 1.807) is 0 Å². The predicted octanol–water partition coefficient (Wildman–Crippen LogP) is -2.83. The predicted molar refractivity (Wildman–Crippen MR) is 7.61 cm³/mol. The molecule has 0 aromatic carbocycles. The van der Waals surface area contributed by atoms with Crippen molar-refractivity contribution < 1.29 is 39.7 Å². The minimum absolute atomic E-state index is 0. The van der Waals surface area contributed by atoms with Crippen molar-refractivity contribution in [2.24, 2.45) is 0 Å². The molecule has 0 aromatic heterocycles. The van der Waals surface area contributed by atoms with Gasteiger partial charge in [-0.05, 0) is 0 Å². The molecule has 4 nitrogen and oxygen atoms in total. The summed E-state index contributed by atoms with van der Waals surface area (Å²) in [6, 6.07) is 0. The fourth-order valence-electron chi connectivity index (χ4n) is 0. The van der Waals surface area contributed by atoms with Crippen LogP contribution in [-0.2, 0) is 25.0 Å². The summed E-state index contributed by atoms with van der Waals surface area (Å²) in [6.07, 6.45) is 0. The molecule has 6 heavy (non-hydrogen) atoms. The van der Waals surface area contributed by atoms with Crippen molar-refractivity contribution in [2.75, 3.05) is 0 Å². The van der Waals surface area contributed by atoms with Crippen LogP contribution >= 0.6 is 7.82 Å². The van der Waals surface area contributed by atoms with Crippen LogP contribution in [0.3, 0.4) is 0 Å². The van der Waals surface area contributed by atoms with Gasteiger partial charge in [-0.25, -0.2) is 0 Å². The molecule has 0 fully saturated rings. The van der Waals surface area contributed by atoms with E-state index in [2.05, 4.69) is 0 Å². The molecule has 0 saturated heterocycles. The molecule has 0 saturated carbocycles. The Morgan fingerprint density at radius 3 is 1.17 bits per heavy atom. The monoisotopic (exact) mass is 201 g/mol. The van der Waals surface area contributed by atoms with Crippen LogP contribution in [0.4, 0.5) is 0 Å². The second-order valence-corrected chi connectivity index (χ2v) is 1.34. The Bertz CT molecular complexity index is 53.7. The maximum Gasteiger partial charge on any atom is 3.00 e. The van der Waals surface area contributed by atoms with Gasteiger partial charge in [0.25, 0.3) is 0 Å². The average Bonchev–Trinajstić information content (AvgIpc) is 0.722. The van der Waals surface area contributed by atoms with Gasteiger partial charge in [0, 0.05) is 0 Å². The van der Waals surface area contributed by atoms with Crippen LogP contribution in [-0.4, -0.2) is 0 Å².